The van der Waals surface area contributed by atoms with Crippen molar-refractivity contribution < 1.29 is 14.3 Å². The molecule has 114 valence electrons. The van der Waals surface area contributed by atoms with Gasteiger partial charge in [0.25, 0.3) is 0 Å². The molecule has 0 amide bonds. The molecule has 1 aromatic heterocycles. The van der Waals surface area contributed by atoms with Gasteiger partial charge in [0.15, 0.2) is 0 Å². The normalized spacial score (nSPS) is 11.2. The van der Waals surface area contributed by atoms with Gasteiger partial charge in [0, 0.05) is 20.2 Å². The predicted molar refractivity (Wildman–Crippen MR) is 79.0 cm³/mol. The summed E-state index contributed by atoms with van der Waals surface area (Å²) in [6.07, 6.45) is 0. The molecule has 2 rings (SSSR count). The number of hydrogen-bond donors (Lipinski definition) is 1. The smallest absolute Gasteiger partial charge is 0.249 e. The quantitative estimate of drug-likeness (QED) is 0.802. The summed E-state index contributed by atoms with van der Waals surface area (Å²) in [6.45, 7) is 2.30. The highest BCUT2D eigenvalue weighted by atomic mass is 35.5. The molecule has 21 heavy (non-hydrogen) atoms. The molecule has 0 aliphatic carbocycles. The first kappa shape index (κ1) is 15.9. The lowest BCUT2D eigenvalue weighted by Gasteiger charge is -2.18. The van der Waals surface area contributed by atoms with Crippen LogP contribution in [-0.4, -0.2) is 53.6 Å². The van der Waals surface area contributed by atoms with Crippen LogP contribution in [0.3, 0.4) is 0 Å². The summed E-state index contributed by atoms with van der Waals surface area (Å²) in [5, 5.41) is 17.7. The zero-order valence-electron chi connectivity index (χ0n) is 11.8. The zero-order chi connectivity index (χ0) is 15.1. The second-order valence-electron chi connectivity index (χ2n) is 4.47. The second kappa shape index (κ2) is 8.09. The van der Waals surface area contributed by atoms with Crippen molar-refractivity contribution in [2.24, 2.45) is 0 Å². The highest BCUT2D eigenvalue weighted by Gasteiger charge is 2.14. The third kappa shape index (κ3) is 4.50. The van der Waals surface area contributed by atoms with Crippen molar-refractivity contribution in [1.29, 1.82) is 0 Å². The van der Waals surface area contributed by atoms with E-state index in [0.717, 1.165) is 0 Å². The van der Waals surface area contributed by atoms with Crippen LogP contribution in [-0.2, 0) is 11.3 Å². The minimum atomic E-state index is 0.0647. The average molecular weight is 312 g/mol. The molecule has 0 bridgehead atoms. The topological polar surface area (TPSA) is 71.6 Å². The Kier molecular flexibility index (Phi) is 6.13. The van der Waals surface area contributed by atoms with Crippen LogP contribution in [0.25, 0.3) is 11.5 Å². The van der Waals surface area contributed by atoms with Gasteiger partial charge >= 0.3 is 0 Å². The molecule has 1 heterocycles. The molecular weight excluding hydrogens is 294 g/mol. The molecule has 0 spiro atoms. The van der Waals surface area contributed by atoms with Crippen LogP contribution in [0.4, 0.5) is 0 Å². The summed E-state index contributed by atoms with van der Waals surface area (Å²) < 4.78 is 10.7. The summed E-state index contributed by atoms with van der Waals surface area (Å²) in [5.41, 5.74) is 0.712. The maximum atomic E-state index is 9.07. The number of benzene rings is 1. The number of rotatable bonds is 8. The van der Waals surface area contributed by atoms with Crippen molar-refractivity contribution in [3.8, 4) is 11.5 Å². The monoisotopic (exact) mass is 311 g/mol. The maximum Gasteiger partial charge on any atom is 0.249 e. The standard InChI is InChI=1S/C14H18ClN3O3/c1-20-9-7-18(6-8-19)10-13-16-17-14(21-13)11-4-2-3-5-12(11)15/h2-5,19H,6-10H2,1H3. The van der Waals surface area contributed by atoms with Crippen LogP contribution in [0, 0.1) is 0 Å². The summed E-state index contributed by atoms with van der Waals surface area (Å²) in [7, 11) is 1.64. The number of aliphatic hydroxyl groups excluding tert-OH is 1. The lowest BCUT2D eigenvalue weighted by Crippen LogP contribution is -2.30. The first-order chi connectivity index (χ1) is 10.2. The van der Waals surface area contributed by atoms with E-state index in [1.165, 1.54) is 0 Å². The molecule has 1 aromatic carbocycles. The van der Waals surface area contributed by atoms with Gasteiger partial charge in [0.05, 0.1) is 30.3 Å². The fourth-order valence-corrected chi connectivity index (χ4v) is 2.10. The molecule has 0 aliphatic rings. The zero-order valence-corrected chi connectivity index (χ0v) is 12.6. The molecule has 0 fully saturated rings. The first-order valence-corrected chi connectivity index (χ1v) is 7.02. The minimum Gasteiger partial charge on any atom is -0.419 e. The Morgan fingerprint density at radius 2 is 2.10 bits per heavy atom. The van der Waals surface area contributed by atoms with Crippen molar-refractivity contribution in [2.75, 3.05) is 33.4 Å². The Hall–Kier alpha value is -1.47. The second-order valence-corrected chi connectivity index (χ2v) is 4.88. The van der Waals surface area contributed by atoms with Gasteiger partial charge in [-0.15, -0.1) is 10.2 Å². The van der Waals surface area contributed by atoms with Crippen molar-refractivity contribution in [3.63, 3.8) is 0 Å². The highest BCUT2D eigenvalue weighted by molar-refractivity contribution is 6.33. The number of hydrogen-bond acceptors (Lipinski definition) is 6. The number of methoxy groups -OCH3 is 1. The number of ether oxygens (including phenoxy) is 1. The van der Waals surface area contributed by atoms with Crippen molar-refractivity contribution in [1.82, 2.24) is 15.1 Å². The van der Waals surface area contributed by atoms with E-state index in [2.05, 4.69) is 10.2 Å². The average Bonchev–Trinajstić information content (AvgIpc) is 2.94. The van der Waals surface area contributed by atoms with Crippen LogP contribution in [0.5, 0.6) is 0 Å². The van der Waals surface area contributed by atoms with Crippen molar-refractivity contribution in [3.05, 3.63) is 35.2 Å². The summed E-state index contributed by atoms with van der Waals surface area (Å²) in [5.74, 6) is 0.876. The van der Waals surface area contributed by atoms with Crippen LogP contribution in [0.1, 0.15) is 5.89 Å². The van der Waals surface area contributed by atoms with Crippen LogP contribution in [0.2, 0.25) is 5.02 Å². The summed E-state index contributed by atoms with van der Waals surface area (Å²) in [4.78, 5) is 1.98. The Balaban J connectivity index is 2.06. The van der Waals surface area contributed by atoms with E-state index in [9.17, 15) is 0 Å². The van der Waals surface area contributed by atoms with Crippen molar-refractivity contribution >= 4 is 11.6 Å². The molecular formula is C14H18ClN3O3. The SMILES string of the molecule is COCCN(CCO)Cc1nnc(-c2ccccc2Cl)o1. The van der Waals surface area contributed by atoms with E-state index >= 15 is 0 Å². The van der Waals surface area contributed by atoms with Crippen LogP contribution < -0.4 is 0 Å². The van der Waals surface area contributed by atoms with E-state index in [1.54, 1.807) is 13.2 Å². The number of halogens is 1. The lowest BCUT2D eigenvalue weighted by atomic mass is 10.2. The molecule has 0 saturated carbocycles. The fraction of sp³-hybridized carbons (Fsp3) is 0.429. The molecule has 0 unspecified atom stereocenters. The van der Waals surface area contributed by atoms with Gasteiger partial charge in [-0.3, -0.25) is 4.90 Å². The molecule has 7 heteroatoms. The predicted octanol–water partition coefficient (Wildman–Crippen LogP) is 1.83. The highest BCUT2D eigenvalue weighted by Crippen LogP contribution is 2.26. The Labute approximate surface area is 128 Å². The summed E-state index contributed by atoms with van der Waals surface area (Å²) in [6, 6.07) is 7.31. The van der Waals surface area contributed by atoms with Gasteiger partial charge in [-0.1, -0.05) is 23.7 Å². The molecule has 0 aliphatic heterocycles. The number of nitrogens with zero attached hydrogens (tertiary/aromatic N) is 3. The Morgan fingerprint density at radius 1 is 1.29 bits per heavy atom. The fourth-order valence-electron chi connectivity index (χ4n) is 1.88. The Morgan fingerprint density at radius 3 is 2.81 bits per heavy atom. The van der Waals surface area contributed by atoms with Crippen molar-refractivity contribution in [2.45, 2.75) is 6.54 Å². The third-order valence-electron chi connectivity index (χ3n) is 2.96. The summed E-state index contributed by atoms with van der Waals surface area (Å²) >= 11 is 6.10. The minimum absolute atomic E-state index is 0.0647. The Bertz CT molecular complexity index is 562. The molecule has 0 saturated heterocycles. The van der Waals surface area contributed by atoms with Crippen LogP contribution in [0.15, 0.2) is 28.7 Å². The molecule has 0 atom stereocenters. The van der Waals surface area contributed by atoms with Gasteiger partial charge in [-0.2, -0.15) is 0 Å². The van der Waals surface area contributed by atoms with Gasteiger partial charge in [-0.25, -0.2) is 0 Å². The van der Waals surface area contributed by atoms with E-state index < -0.39 is 0 Å². The van der Waals surface area contributed by atoms with Gasteiger partial charge in [0.2, 0.25) is 11.8 Å². The maximum absolute atomic E-state index is 9.07. The van der Waals surface area contributed by atoms with E-state index in [-0.39, 0.29) is 6.61 Å². The number of aromatic nitrogens is 2. The molecule has 2 aromatic rings. The van der Waals surface area contributed by atoms with Gasteiger partial charge in [0.1, 0.15) is 0 Å². The van der Waals surface area contributed by atoms with Crippen LogP contribution >= 0.6 is 11.6 Å². The molecule has 0 radical (unpaired) electrons. The largest absolute Gasteiger partial charge is 0.419 e. The lowest BCUT2D eigenvalue weighted by molar-refractivity contribution is 0.121. The number of aliphatic hydroxyl groups is 1. The van der Waals surface area contributed by atoms with E-state index in [0.29, 0.717) is 48.6 Å². The van der Waals surface area contributed by atoms with E-state index in [1.807, 2.05) is 23.1 Å². The molecule has 6 nitrogen and oxygen atoms in total. The molecule has 1 N–H and O–H groups in total. The van der Waals surface area contributed by atoms with E-state index in [4.69, 9.17) is 25.9 Å². The van der Waals surface area contributed by atoms with Gasteiger partial charge < -0.3 is 14.3 Å². The van der Waals surface area contributed by atoms with Gasteiger partial charge in [-0.05, 0) is 12.1 Å². The first-order valence-electron chi connectivity index (χ1n) is 6.64. The third-order valence-corrected chi connectivity index (χ3v) is 3.29.